The molecule has 0 bridgehead atoms. The number of carbonyl (C=O) groups is 2. The number of anilines is 2. The molecule has 6 rings (SSSR count). The monoisotopic (exact) mass is 426 g/mol. The van der Waals surface area contributed by atoms with Crippen molar-refractivity contribution in [3.63, 3.8) is 0 Å². The number of hydroxylamine groups is 1. The van der Waals surface area contributed by atoms with Gasteiger partial charge >= 0.3 is 0 Å². The number of fused-ring (bicyclic) bond motifs is 5. The van der Waals surface area contributed by atoms with E-state index in [1.165, 1.54) is 4.90 Å². The Balaban J connectivity index is 1.61. The first kappa shape index (κ1) is 19.1. The maximum Gasteiger partial charge on any atom is 0.266 e. The summed E-state index contributed by atoms with van der Waals surface area (Å²) in [6, 6.07) is 26.3. The molecule has 3 unspecified atom stereocenters. The van der Waals surface area contributed by atoms with Crippen LogP contribution < -0.4 is 14.7 Å². The molecule has 2 amide bonds. The Labute approximate surface area is 185 Å². The van der Waals surface area contributed by atoms with Crippen LogP contribution in [0.3, 0.4) is 0 Å². The third-order valence-electron chi connectivity index (χ3n) is 6.84. The number of nitrogens with zero attached hydrogens (tertiary/aromatic N) is 2. The van der Waals surface area contributed by atoms with Gasteiger partial charge in [0.2, 0.25) is 5.91 Å². The van der Waals surface area contributed by atoms with Crippen molar-refractivity contribution in [3.05, 3.63) is 90.5 Å². The van der Waals surface area contributed by atoms with Crippen LogP contribution in [0.15, 0.2) is 84.9 Å². The van der Waals surface area contributed by atoms with Crippen molar-refractivity contribution in [2.45, 2.75) is 31.1 Å². The topological polar surface area (TPSA) is 59.1 Å². The van der Waals surface area contributed by atoms with Gasteiger partial charge in [-0.15, -0.1) is 0 Å². The Morgan fingerprint density at radius 1 is 0.781 bits per heavy atom. The first-order valence-corrected chi connectivity index (χ1v) is 10.7. The van der Waals surface area contributed by atoms with E-state index in [2.05, 4.69) is 0 Å². The molecule has 0 aromatic heterocycles. The van der Waals surface area contributed by atoms with Crippen molar-refractivity contribution in [2.24, 2.45) is 5.92 Å². The van der Waals surface area contributed by atoms with Crippen LogP contribution in [0.2, 0.25) is 0 Å². The van der Waals surface area contributed by atoms with Gasteiger partial charge in [0.05, 0.1) is 5.69 Å². The molecule has 0 spiro atoms. The van der Waals surface area contributed by atoms with Gasteiger partial charge in [-0.2, -0.15) is 0 Å². The van der Waals surface area contributed by atoms with Gasteiger partial charge in [0.1, 0.15) is 28.5 Å². The molecule has 2 saturated heterocycles. The maximum atomic E-state index is 14.0. The number of hydrogen-bond acceptors (Lipinski definition) is 5. The molecule has 3 aliphatic rings. The van der Waals surface area contributed by atoms with E-state index in [9.17, 15) is 9.59 Å². The molecular weight excluding hydrogens is 404 g/mol. The van der Waals surface area contributed by atoms with E-state index >= 15 is 0 Å². The summed E-state index contributed by atoms with van der Waals surface area (Å²) < 4.78 is 6.52. The average Bonchev–Trinajstić information content (AvgIpc) is 3.29. The molecule has 0 radical (unpaired) electrons. The summed E-state index contributed by atoms with van der Waals surface area (Å²) in [5.41, 5.74) is 0.194. The van der Waals surface area contributed by atoms with Gasteiger partial charge in [-0.3, -0.25) is 14.4 Å². The summed E-state index contributed by atoms with van der Waals surface area (Å²) in [6.07, 6.45) is -0.947. The minimum Gasteiger partial charge on any atom is -0.483 e. The molecule has 160 valence electrons. The third kappa shape index (κ3) is 2.22. The predicted octanol–water partition coefficient (Wildman–Crippen LogP) is 4.06. The van der Waals surface area contributed by atoms with E-state index in [1.807, 2.05) is 86.6 Å². The van der Waals surface area contributed by atoms with Crippen molar-refractivity contribution in [2.75, 3.05) is 9.96 Å². The molecule has 3 atom stereocenters. The van der Waals surface area contributed by atoms with Crippen LogP contribution in [0.4, 0.5) is 11.4 Å². The average molecular weight is 426 g/mol. The smallest absolute Gasteiger partial charge is 0.266 e. The summed E-state index contributed by atoms with van der Waals surface area (Å²) in [4.78, 5) is 35.2. The minimum atomic E-state index is -1.04. The Morgan fingerprint density at radius 2 is 1.41 bits per heavy atom. The zero-order valence-corrected chi connectivity index (χ0v) is 17.8. The Kier molecular flexibility index (Phi) is 3.84. The molecule has 32 heavy (non-hydrogen) atoms. The lowest BCUT2D eigenvalue weighted by molar-refractivity contribution is -0.128. The van der Waals surface area contributed by atoms with Gasteiger partial charge in [-0.1, -0.05) is 60.7 Å². The van der Waals surface area contributed by atoms with Crippen LogP contribution >= 0.6 is 0 Å². The fraction of sp³-hybridized carbons (Fsp3) is 0.231. The highest BCUT2D eigenvalue weighted by atomic mass is 16.7. The van der Waals surface area contributed by atoms with Crippen LogP contribution in [-0.2, 0) is 20.0 Å². The largest absolute Gasteiger partial charge is 0.483 e. The van der Waals surface area contributed by atoms with E-state index < -0.39 is 23.2 Å². The van der Waals surface area contributed by atoms with Gasteiger partial charge in [-0.05, 0) is 43.7 Å². The fourth-order valence-corrected chi connectivity index (χ4v) is 5.57. The van der Waals surface area contributed by atoms with E-state index in [1.54, 1.807) is 17.2 Å². The molecule has 3 aromatic rings. The summed E-state index contributed by atoms with van der Waals surface area (Å²) in [6.45, 7) is 3.91. The number of amides is 2. The first-order chi connectivity index (χ1) is 15.5. The number of rotatable bonds is 2. The zero-order valence-electron chi connectivity index (χ0n) is 17.8. The molecule has 3 aliphatic heterocycles. The lowest BCUT2D eigenvalue weighted by Gasteiger charge is -2.54. The molecule has 0 saturated carbocycles. The van der Waals surface area contributed by atoms with Gasteiger partial charge in [0.15, 0.2) is 6.10 Å². The SMILES string of the molecule is CC1(C)Oc2ccccc2N2OC3C(=O)N(c4ccccc4)C(=O)C3C21c1ccccc1. The Hall–Kier alpha value is -3.64. The molecular formula is C26H22N2O4. The van der Waals surface area contributed by atoms with E-state index in [0.717, 1.165) is 5.56 Å². The van der Waals surface area contributed by atoms with Crippen molar-refractivity contribution in [3.8, 4) is 5.75 Å². The van der Waals surface area contributed by atoms with Crippen molar-refractivity contribution >= 4 is 23.2 Å². The lowest BCUT2D eigenvalue weighted by Crippen LogP contribution is -2.65. The summed E-state index contributed by atoms with van der Waals surface area (Å²) in [5.74, 6) is -0.761. The summed E-state index contributed by atoms with van der Waals surface area (Å²) >= 11 is 0. The van der Waals surface area contributed by atoms with Gasteiger partial charge < -0.3 is 4.74 Å². The standard InChI is InChI=1S/C26H22N2O4/c1-25(2)26(17-11-5-3-6-12-17)21-22(32-28(26)19-15-9-10-16-20(19)31-25)24(30)27(23(21)29)18-13-7-4-8-14-18/h3-16,21-22H,1-2H3. The normalized spacial score (nSPS) is 27.6. The van der Waals surface area contributed by atoms with Crippen LogP contribution in [0.5, 0.6) is 5.75 Å². The Morgan fingerprint density at radius 3 is 2.12 bits per heavy atom. The van der Waals surface area contributed by atoms with Crippen molar-refractivity contribution in [1.29, 1.82) is 0 Å². The highest BCUT2D eigenvalue weighted by Crippen LogP contribution is 2.61. The summed E-state index contributed by atoms with van der Waals surface area (Å²) in [5, 5.41) is 1.76. The molecule has 0 N–H and O–H groups in total. The van der Waals surface area contributed by atoms with Crippen LogP contribution in [0, 0.1) is 5.92 Å². The number of imide groups is 1. The molecule has 3 heterocycles. The van der Waals surface area contributed by atoms with Gasteiger partial charge in [0.25, 0.3) is 5.91 Å². The second-order valence-corrected chi connectivity index (χ2v) is 8.86. The van der Waals surface area contributed by atoms with Crippen molar-refractivity contribution in [1.82, 2.24) is 0 Å². The molecule has 6 heteroatoms. The van der Waals surface area contributed by atoms with E-state index in [4.69, 9.17) is 9.57 Å². The van der Waals surface area contributed by atoms with Gasteiger partial charge in [0, 0.05) is 0 Å². The molecule has 0 aliphatic carbocycles. The minimum absolute atomic E-state index is 0.284. The second-order valence-electron chi connectivity index (χ2n) is 8.86. The highest BCUT2D eigenvalue weighted by molar-refractivity contribution is 6.24. The van der Waals surface area contributed by atoms with Crippen LogP contribution in [0.1, 0.15) is 19.4 Å². The first-order valence-electron chi connectivity index (χ1n) is 10.7. The number of ether oxygens (including phenoxy) is 1. The fourth-order valence-electron chi connectivity index (χ4n) is 5.57. The zero-order chi connectivity index (χ0) is 22.1. The van der Waals surface area contributed by atoms with E-state index in [-0.39, 0.29) is 11.8 Å². The summed E-state index contributed by atoms with van der Waals surface area (Å²) in [7, 11) is 0. The third-order valence-corrected chi connectivity index (χ3v) is 6.84. The van der Waals surface area contributed by atoms with Crippen LogP contribution in [0.25, 0.3) is 0 Å². The second kappa shape index (κ2) is 6.43. The number of hydrogen-bond donors (Lipinski definition) is 0. The number of benzene rings is 3. The number of para-hydroxylation sites is 3. The number of carbonyl (C=O) groups excluding carboxylic acids is 2. The van der Waals surface area contributed by atoms with E-state index in [0.29, 0.717) is 17.1 Å². The quantitative estimate of drug-likeness (QED) is 0.579. The maximum absolute atomic E-state index is 14.0. The molecule has 3 aromatic carbocycles. The highest BCUT2D eigenvalue weighted by Gasteiger charge is 2.75. The van der Waals surface area contributed by atoms with Crippen LogP contribution in [-0.4, -0.2) is 23.5 Å². The van der Waals surface area contributed by atoms with Gasteiger partial charge in [-0.25, -0.2) is 9.96 Å². The van der Waals surface area contributed by atoms with Crippen molar-refractivity contribution < 1.29 is 19.2 Å². The molecule has 6 nitrogen and oxygen atoms in total. The predicted molar refractivity (Wildman–Crippen MR) is 119 cm³/mol. The molecule has 2 fully saturated rings. The Bertz CT molecular complexity index is 1230. The lowest BCUT2D eigenvalue weighted by atomic mass is 9.66.